The van der Waals surface area contributed by atoms with Crippen LogP contribution in [-0.4, -0.2) is 23.5 Å². The van der Waals surface area contributed by atoms with Crippen molar-refractivity contribution in [3.8, 4) is 11.5 Å². The van der Waals surface area contributed by atoms with Crippen molar-refractivity contribution in [2.75, 3.05) is 13.6 Å². The number of benzene rings is 1. The average Bonchev–Trinajstić information content (AvgIpc) is 2.85. The monoisotopic (exact) mass is 246 g/mol. The SMILES string of the molecule is C=CCN(C)Cc1ccc(-c2ncco2)cc1F. The Morgan fingerprint density at radius 3 is 2.94 bits per heavy atom. The van der Waals surface area contributed by atoms with E-state index in [4.69, 9.17) is 4.42 Å². The van der Waals surface area contributed by atoms with Crippen LogP contribution in [0.4, 0.5) is 4.39 Å². The third-order valence-corrected chi connectivity index (χ3v) is 2.61. The molecule has 3 nitrogen and oxygen atoms in total. The van der Waals surface area contributed by atoms with Gasteiger partial charge in [0.05, 0.1) is 6.20 Å². The zero-order valence-electron chi connectivity index (χ0n) is 10.3. The third kappa shape index (κ3) is 2.84. The molecule has 0 amide bonds. The summed E-state index contributed by atoms with van der Waals surface area (Å²) >= 11 is 0. The fourth-order valence-corrected chi connectivity index (χ4v) is 1.75. The maximum absolute atomic E-state index is 13.9. The molecule has 18 heavy (non-hydrogen) atoms. The van der Waals surface area contributed by atoms with Gasteiger partial charge in [0.15, 0.2) is 0 Å². The van der Waals surface area contributed by atoms with Gasteiger partial charge in [-0.05, 0) is 19.2 Å². The number of likely N-dealkylation sites (N-methyl/N-ethyl adjacent to an activating group) is 1. The van der Waals surface area contributed by atoms with Gasteiger partial charge < -0.3 is 4.42 Å². The molecular weight excluding hydrogens is 231 g/mol. The van der Waals surface area contributed by atoms with E-state index >= 15 is 0 Å². The molecule has 4 heteroatoms. The van der Waals surface area contributed by atoms with Crippen molar-refractivity contribution in [1.82, 2.24) is 9.88 Å². The highest BCUT2D eigenvalue weighted by atomic mass is 19.1. The number of hydrogen-bond donors (Lipinski definition) is 0. The van der Waals surface area contributed by atoms with E-state index in [0.29, 0.717) is 23.6 Å². The first-order chi connectivity index (χ1) is 8.70. The van der Waals surface area contributed by atoms with Crippen LogP contribution >= 0.6 is 0 Å². The number of nitrogens with zero attached hydrogens (tertiary/aromatic N) is 2. The first-order valence-electron chi connectivity index (χ1n) is 5.68. The zero-order valence-corrected chi connectivity index (χ0v) is 10.3. The fourth-order valence-electron chi connectivity index (χ4n) is 1.75. The molecule has 0 atom stereocenters. The Bertz CT molecular complexity index is 523. The summed E-state index contributed by atoms with van der Waals surface area (Å²) in [5, 5.41) is 0. The van der Waals surface area contributed by atoms with Crippen LogP contribution in [0.3, 0.4) is 0 Å². The molecule has 0 N–H and O–H groups in total. The van der Waals surface area contributed by atoms with E-state index in [2.05, 4.69) is 11.6 Å². The van der Waals surface area contributed by atoms with Gasteiger partial charge in [0, 0.05) is 24.2 Å². The molecule has 1 aromatic carbocycles. The first-order valence-corrected chi connectivity index (χ1v) is 5.68. The van der Waals surface area contributed by atoms with Crippen LogP contribution in [0.15, 0.2) is 47.7 Å². The van der Waals surface area contributed by atoms with Crippen LogP contribution in [0.5, 0.6) is 0 Å². The molecule has 2 aromatic rings. The number of aromatic nitrogens is 1. The van der Waals surface area contributed by atoms with Crippen molar-refractivity contribution >= 4 is 0 Å². The molecule has 0 aliphatic heterocycles. The Morgan fingerprint density at radius 2 is 2.33 bits per heavy atom. The van der Waals surface area contributed by atoms with Gasteiger partial charge in [-0.2, -0.15) is 0 Å². The average molecular weight is 246 g/mol. The first kappa shape index (κ1) is 12.5. The van der Waals surface area contributed by atoms with Crippen LogP contribution in [0.25, 0.3) is 11.5 Å². The maximum Gasteiger partial charge on any atom is 0.225 e. The summed E-state index contributed by atoms with van der Waals surface area (Å²) < 4.78 is 19.1. The second-order valence-electron chi connectivity index (χ2n) is 4.13. The smallest absolute Gasteiger partial charge is 0.225 e. The lowest BCUT2D eigenvalue weighted by molar-refractivity contribution is 0.356. The zero-order chi connectivity index (χ0) is 13.0. The number of oxazole rings is 1. The number of halogens is 1. The normalized spacial score (nSPS) is 10.8. The summed E-state index contributed by atoms with van der Waals surface area (Å²) in [6, 6.07) is 5.02. The predicted molar refractivity (Wildman–Crippen MR) is 68.4 cm³/mol. The summed E-state index contributed by atoms with van der Waals surface area (Å²) in [4.78, 5) is 5.97. The molecule has 1 heterocycles. The molecule has 0 radical (unpaired) electrons. The summed E-state index contributed by atoms with van der Waals surface area (Å²) in [6.07, 6.45) is 4.80. The number of rotatable bonds is 5. The molecule has 1 aromatic heterocycles. The summed E-state index contributed by atoms with van der Waals surface area (Å²) in [6.45, 7) is 4.92. The second kappa shape index (κ2) is 5.60. The molecule has 0 unspecified atom stereocenters. The van der Waals surface area contributed by atoms with Gasteiger partial charge in [-0.3, -0.25) is 4.90 Å². The quantitative estimate of drug-likeness (QED) is 0.759. The van der Waals surface area contributed by atoms with E-state index in [1.165, 1.54) is 12.3 Å². The predicted octanol–water partition coefficient (Wildman–Crippen LogP) is 3.10. The van der Waals surface area contributed by atoms with Crippen molar-refractivity contribution in [3.05, 3.63) is 54.7 Å². The van der Waals surface area contributed by atoms with Crippen LogP contribution in [0.1, 0.15) is 5.56 Å². The Hall–Kier alpha value is -1.94. The van der Waals surface area contributed by atoms with Gasteiger partial charge in [-0.1, -0.05) is 12.1 Å². The second-order valence-corrected chi connectivity index (χ2v) is 4.13. The Labute approximate surface area is 106 Å². The van der Waals surface area contributed by atoms with Gasteiger partial charge in [0.25, 0.3) is 0 Å². The Balaban J connectivity index is 2.17. The van der Waals surface area contributed by atoms with Gasteiger partial charge in [0.1, 0.15) is 12.1 Å². The highest BCUT2D eigenvalue weighted by Crippen LogP contribution is 2.20. The lowest BCUT2D eigenvalue weighted by Gasteiger charge is -2.14. The van der Waals surface area contributed by atoms with Crippen molar-refractivity contribution in [2.24, 2.45) is 0 Å². The van der Waals surface area contributed by atoms with Crippen molar-refractivity contribution in [2.45, 2.75) is 6.54 Å². The molecule has 94 valence electrons. The topological polar surface area (TPSA) is 29.3 Å². The van der Waals surface area contributed by atoms with Crippen LogP contribution in [0, 0.1) is 5.82 Å². The van der Waals surface area contributed by atoms with E-state index in [9.17, 15) is 4.39 Å². The molecular formula is C14H15FN2O. The van der Waals surface area contributed by atoms with Crippen LogP contribution in [-0.2, 0) is 6.54 Å². The van der Waals surface area contributed by atoms with Gasteiger partial charge in [-0.15, -0.1) is 6.58 Å². The van der Waals surface area contributed by atoms with E-state index in [1.54, 1.807) is 18.3 Å². The minimum atomic E-state index is -0.249. The lowest BCUT2D eigenvalue weighted by Crippen LogP contribution is -2.18. The molecule has 0 aliphatic rings. The summed E-state index contributed by atoms with van der Waals surface area (Å²) in [7, 11) is 1.92. The minimum absolute atomic E-state index is 0.249. The standard InChI is InChI=1S/C14H15FN2O/c1-3-7-17(2)10-12-5-4-11(9-13(12)15)14-16-6-8-18-14/h3-6,8-9H,1,7,10H2,2H3. The molecule has 0 saturated heterocycles. The molecule has 0 aliphatic carbocycles. The van der Waals surface area contributed by atoms with Gasteiger partial charge >= 0.3 is 0 Å². The van der Waals surface area contributed by atoms with E-state index in [0.717, 1.165) is 6.54 Å². The molecule has 0 spiro atoms. The van der Waals surface area contributed by atoms with Crippen molar-refractivity contribution in [3.63, 3.8) is 0 Å². The summed E-state index contributed by atoms with van der Waals surface area (Å²) in [5.41, 5.74) is 1.29. The molecule has 0 bridgehead atoms. The fraction of sp³-hybridized carbons (Fsp3) is 0.214. The van der Waals surface area contributed by atoms with Crippen LogP contribution in [0.2, 0.25) is 0 Å². The Morgan fingerprint density at radius 1 is 1.50 bits per heavy atom. The van der Waals surface area contributed by atoms with E-state index in [-0.39, 0.29) is 5.82 Å². The minimum Gasteiger partial charge on any atom is -0.445 e. The van der Waals surface area contributed by atoms with Crippen molar-refractivity contribution in [1.29, 1.82) is 0 Å². The molecule has 0 saturated carbocycles. The molecule has 0 fully saturated rings. The van der Waals surface area contributed by atoms with E-state index in [1.807, 2.05) is 18.0 Å². The van der Waals surface area contributed by atoms with Crippen LogP contribution < -0.4 is 0 Å². The lowest BCUT2D eigenvalue weighted by atomic mass is 10.1. The maximum atomic E-state index is 13.9. The van der Waals surface area contributed by atoms with Gasteiger partial charge in [0.2, 0.25) is 5.89 Å². The van der Waals surface area contributed by atoms with E-state index < -0.39 is 0 Å². The highest BCUT2D eigenvalue weighted by Gasteiger charge is 2.09. The number of hydrogen-bond acceptors (Lipinski definition) is 3. The van der Waals surface area contributed by atoms with Gasteiger partial charge in [-0.25, -0.2) is 9.37 Å². The van der Waals surface area contributed by atoms with Crippen molar-refractivity contribution < 1.29 is 8.81 Å². The molecule has 2 rings (SSSR count). The highest BCUT2D eigenvalue weighted by molar-refractivity contribution is 5.53. The Kier molecular flexibility index (Phi) is 3.89. The third-order valence-electron chi connectivity index (χ3n) is 2.61. The summed E-state index contributed by atoms with van der Waals surface area (Å²) in [5.74, 6) is 0.182. The largest absolute Gasteiger partial charge is 0.445 e.